The van der Waals surface area contributed by atoms with E-state index in [-0.39, 0.29) is 0 Å². The summed E-state index contributed by atoms with van der Waals surface area (Å²) in [6.07, 6.45) is 16.7. The molecule has 0 aliphatic heterocycles. The van der Waals surface area contributed by atoms with E-state index in [2.05, 4.69) is 6.26 Å². The zero-order valence-electron chi connectivity index (χ0n) is 10.1. The van der Waals surface area contributed by atoms with Crippen molar-refractivity contribution >= 4 is 10.9 Å². The standard InChI is InChI=1S/C14H25S/c1-15(13-5-3-2-4-6-13)14-10-11-7-8-12(14)9-11/h11-14H,2-10H2,1H3/q+1. The van der Waals surface area contributed by atoms with E-state index in [0.717, 1.165) is 33.2 Å². The fraction of sp³-hybridized carbons (Fsp3) is 1.00. The SMILES string of the molecule is C[S+](C1CCCCC1)C1CC2CCC1C2. The largest absolute Gasteiger partial charge is 0.121 e. The Morgan fingerprint density at radius 3 is 2.27 bits per heavy atom. The normalized spacial score (nSPS) is 43.4. The van der Waals surface area contributed by atoms with E-state index < -0.39 is 0 Å². The van der Waals surface area contributed by atoms with Crippen LogP contribution in [0.1, 0.15) is 57.8 Å². The fourth-order valence-electron chi connectivity index (χ4n) is 4.33. The molecule has 3 aliphatic rings. The molecule has 1 heteroatoms. The van der Waals surface area contributed by atoms with Gasteiger partial charge >= 0.3 is 0 Å². The van der Waals surface area contributed by atoms with Crippen molar-refractivity contribution < 1.29 is 0 Å². The van der Waals surface area contributed by atoms with Crippen LogP contribution >= 0.6 is 0 Å². The van der Waals surface area contributed by atoms with Crippen LogP contribution in [0.2, 0.25) is 0 Å². The third kappa shape index (κ3) is 1.97. The molecule has 2 bridgehead atoms. The van der Waals surface area contributed by atoms with E-state index in [9.17, 15) is 0 Å². The first-order chi connectivity index (χ1) is 7.34. The van der Waals surface area contributed by atoms with Crippen LogP contribution in [0.15, 0.2) is 0 Å². The van der Waals surface area contributed by atoms with E-state index in [1.54, 1.807) is 38.5 Å². The first-order valence-electron chi connectivity index (χ1n) is 6.98. The van der Waals surface area contributed by atoms with Gasteiger partial charge in [-0.15, -0.1) is 0 Å². The summed E-state index contributed by atoms with van der Waals surface area (Å²) in [6.45, 7) is 0. The number of rotatable bonds is 2. The molecule has 4 atom stereocenters. The second-order valence-electron chi connectivity index (χ2n) is 6.08. The molecule has 0 amide bonds. The van der Waals surface area contributed by atoms with Crippen molar-refractivity contribution in [3.05, 3.63) is 0 Å². The molecule has 86 valence electrons. The third-order valence-electron chi connectivity index (χ3n) is 5.23. The van der Waals surface area contributed by atoms with Crippen LogP contribution in [0.25, 0.3) is 0 Å². The Morgan fingerprint density at radius 2 is 1.67 bits per heavy atom. The summed E-state index contributed by atoms with van der Waals surface area (Å²) in [5, 5.41) is 2.29. The number of hydrogen-bond donors (Lipinski definition) is 0. The van der Waals surface area contributed by atoms with E-state index >= 15 is 0 Å². The molecule has 0 nitrogen and oxygen atoms in total. The quantitative estimate of drug-likeness (QED) is 0.628. The van der Waals surface area contributed by atoms with Crippen molar-refractivity contribution in [2.45, 2.75) is 68.3 Å². The first kappa shape index (κ1) is 10.5. The maximum absolute atomic E-state index is 2.61. The smallest absolute Gasteiger partial charge is 0.0529 e. The molecular weight excluding hydrogens is 200 g/mol. The molecule has 0 radical (unpaired) electrons. The van der Waals surface area contributed by atoms with Crippen molar-refractivity contribution in [3.63, 3.8) is 0 Å². The molecule has 3 saturated carbocycles. The summed E-state index contributed by atoms with van der Waals surface area (Å²) >= 11 is 0. The predicted octanol–water partition coefficient (Wildman–Crippen LogP) is 3.76. The summed E-state index contributed by atoms with van der Waals surface area (Å²) in [7, 11) is 0.769. The van der Waals surface area contributed by atoms with Crippen LogP contribution < -0.4 is 0 Å². The van der Waals surface area contributed by atoms with Crippen LogP contribution in [0.5, 0.6) is 0 Å². The fourth-order valence-corrected chi connectivity index (χ4v) is 7.33. The average molecular weight is 225 g/mol. The highest BCUT2D eigenvalue weighted by molar-refractivity contribution is 7.97. The van der Waals surface area contributed by atoms with E-state index in [1.165, 1.54) is 19.3 Å². The lowest BCUT2D eigenvalue weighted by atomic mass is 10.00. The minimum Gasteiger partial charge on any atom is -0.0529 e. The molecule has 3 fully saturated rings. The van der Waals surface area contributed by atoms with Gasteiger partial charge in [0.15, 0.2) is 0 Å². The van der Waals surface area contributed by atoms with Crippen LogP contribution in [-0.2, 0) is 10.9 Å². The Morgan fingerprint density at radius 1 is 0.867 bits per heavy atom. The van der Waals surface area contributed by atoms with Crippen molar-refractivity contribution in [1.29, 1.82) is 0 Å². The molecule has 0 spiro atoms. The van der Waals surface area contributed by atoms with Crippen LogP contribution in [0, 0.1) is 11.8 Å². The highest BCUT2D eigenvalue weighted by Gasteiger charge is 2.49. The summed E-state index contributed by atoms with van der Waals surface area (Å²) in [6, 6.07) is 0. The summed E-state index contributed by atoms with van der Waals surface area (Å²) in [5.74, 6) is 2.31. The van der Waals surface area contributed by atoms with Gasteiger partial charge in [0.2, 0.25) is 0 Å². The maximum Gasteiger partial charge on any atom is 0.121 e. The van der Waals surface area contributed by atoms with Gasteiger partial charge in [-0.2, -0.15) is 0 Å². The van der Waals surface area contributed by atoms with Crippen LogP contribution in [0.4, 0.5) is 0 Å². The van der Waals surface area contributed by atoms with Gasteiger partial charge in [-0.05, 0) is 68.2 Å². The molecule has 0 heterocycles. The van der Waals surface area contributed by atoms with Gasteiger partial charge in [0.05, 0.1) is 6.26 Å². The monoisotopic (exact) mass is 225 g/mol. The minimum absolute atomic E-state index is 0.769. The molecule has 0 aromatic rings. The Bertz CT molecular complexity index is 219. The molecule has 3 rings (SSSR count). The molecule has 0 aromatic carbocycles. The molecule has 3 aliphatic carbocycles. The maximum atomic E-state index is 2.61. The van der Waals surface area contributed by atoms with Gasteiger partial charge in [0.1, 0.15) is 10.5 Å². The van der Waals surface area contributed by atoms with Gasteiger partial charge in [0, 0.05) is 5.92 Å². The third-order valence-corrected chi connectivity index (χ3v) is 8.28. The molecule has 0 aromatic heterocycles. The summed E-state index contributed by atoms with van der Waals surface area (Å²) in [4.78, 5) is 0. The van der Waals surface area contributed by atoms with Gasteiger partial charge in [-0.1, -0.05) is 6.42 Å². The Kier molecular flexibility index (Phi) is 3.02. The highest BCUT2D eigenvalue weighted by atomic mass is 32.2. The Hall–Kier alpha value is 0.350. The van der Waals surface area contributed by atoms with Crippen molar-refractivity contribution in [1.82, 2.24) is 0 Å². The predicted molar refractivity (Wildman–Crippen MR) is 69.4 cm³/mol. The van der Waals surface area contributed by atoms with E-state index in [0.29, 0.717) is 0 Å². The topological polar surface area (TPSA) is 0 Å². The number of hydrogen-bond acceptors (Lipinski definition) is 0. The van der Waals surface area contributed by atoms with Crippen LogP contribution in [-0.4, -0.2) is 16.8 Å². The molecule has 4 unspecified atom stereocenters. The molecular formula is C14H25S+. The van der Waals surface area contributed by atoms with Gasteiger partial charge in [0.25, 0.3) is 0 Å². The summed E-state index contributed by atoms with van der Waals surface area (Å²) in [5.41, 5.74) is 0. The van der Waals surface area contributed by atoms with Crippen molar-refractivity contribution in [3.8, 4) is 0 Å². The molecule has 0 N–H and O–H groups in total. The highest BCUT2D eigenvalue weighted by Crippen LogP contribution is 2.49. The minimum atomic E-state index is 0.769. The lowest BCUT2D eigenvalue weighted by Crippen LogP contribution is -2.36. The summed E-state index contributed by atoms with van der Waals surface area (Å²) < 4.78 is 0. The van der Waals surface area contributed by atoms with Crippen LogP contribution in [0.3, 0.4) is 0 Å². The average Bonchev–Trinajstić information content (AvgIpc) is 2.91. The number of fused-ring (bicyclic) bond motifs is 2. The zero-order chi connectivity index (χ0) is 10.3. The molecule has 15 heavy (non-hydrogen) atoms. The second-order valence-corrected chi connectivity index (χ2v) is 8.57. The van der Waals surface area contributed by atoms with E-state index in [1.807, 2.05) is 0 Å². The Balaban J connectivity index is 1.61. The van der Waals surface area contributed by atoms with E-state index in [4.69, 9.17) is 0 Å². The van der Waals surface area contributed by atoms with Crippen molar-refractivity contribution in [2.75, 3.05) is 6.26 Å². The Labute approximate surface area is 97.6 Å². The lowest BCUT2D eigenvalue weighted by Gasteiger charge is -2.28. The van der Waals surface area contributed by atoms with Crippen molar-refractivity contribution in [2.24, 2.45) is 11.8 Å². The molecule has 0 saturated heterocycles. The zero-order valence-corrected chi connectivity index (χ0v) is 10.9. The van der Waals surface area contributed by atoms with Gasteiger partial charge in [-0.25, -0.2) is 0 Å². The van der Waals surface area contributed by atoms with Gasteiger partial charge < -0.3 is 0 Å². The first-order valence-corrected chi connectivity index (χ1v) is 8.74. The lowest BCUT2D eigenvalue weighted by molar-refractivity contribution is 0.475. The second kappa shape index (κ2) is 4.31. The van der Waals surface area contributed by atoms with Gasteiger partial charge in [-0.3, -0.25) is 0 Å².